The Balaban J connectivity index is 1.56. The molecule has 0 bridgehead atoms. The number of benzene rings is 2. The molecule has 1 N–H and O–H groups in total. The number of imidazole rings is 1. The highest BCUT2D eigenvalue weighted by Gasteiger charge is 2.22. The molecule has 0 radical (unpaired) electrons. The first-order chi connectivity index (χ1) is 13.9. The molecule has 5 rings (SSSR count). The molecular formula is C23H22N4OS. The highest BCUT2D eigenvalue weighted by atomic mass is 32.1. The van der Waals surface area contributed by atoms with Gasteiger partial charge in [0, 0.05) is 35.0 Å². The van der Waals surface area contributed by atoms with Gasteiger partial charge >= 0.3 is 0 Å². The minimum atomic E-state index is -0.0328. The van der Waals surface area contributed by atoms with Crippen molar-refractivity contribution in [2.75, 3.05) is 6.54 Å². The van der Waals surface area contributed by atoms with E-state index < -0.39 is 0 Å². The minimum Gasteiger partial charge on any atom is -0.350 e. The molecule has 1 aliphatic heterocycles. The summed E-state index contributed by atoms with van der Waals surface area (Å²) in [6.07, 6.45) is 0. The molecular weight excluding hydrogens is 380 g/mol. The molecule has 2 aromatic heterocycles. The van der Waals surface area contributed by atoms with Crippen LogP contribution in [0.5, 0.6) is 0 Å². The Morgan fingerprint density at radius 2 is 1.79 bits per heavy atom. The van der Waals surface area contributed by atoms with Gasteiger partial charge in [-0.05, 0) is 12.1 Å². The number of carbonyl (C=O) groups is 1. The van der Waals surface area contributed by atoms with E-state index in [2.05, 4.69) is 60.3 Å². The maximum atomic E-state index is 12.4. The maximum absolute atomic E-state index is 12.4. The molecule has 0 atom stereocenters. The Bertz CT molecular complexity index is 1230. The fourth-order valence-corrected chi connectivity index (χ4v) is 4.75. The van der Waals surface area contributed by atoms with Crippen molar-refractivity contribution in [3.8, 4) is 22.0 Å². The van der Waals surface area contributed by atoms with Gasteiger partial charge in [0.25, 0.3) is 5.91 Å². The summed E-state index contributed by atoms with van der Waals surface area (Å²) in [7, 11) is 0. The average molecular weight is 403 g/mol. The van der Waals surface area contributed by atoms with Gasteiger partial charge < -0.3 is 9.88 Å². The Morgan fingerprint density at radius 3 is 2.52 bits per heavy atom. The lowest BCUT2D eigenvalue weighted by molar-refractivity contribution is 0.0956. The van der Waals surface area contributed by atoms with Crippen LogP contribution in [0, 0.1) is 0 Å². The molecule has 0 spiro atoms. The average Bonchev–Trinajstić information content (AvgIpc) is 3.29. The number of nitrogens with zero attached hydrogens (tertiary/aromatic N) is 3. The Hall–Kier alpha value is -2.99. The maximum Gasteiger partial charge on any atom is 0.253 e. The number of amides is 1. The number of aromatic nitrogens is 3. The Kier molecular flexibility index (Phi) is 4.06. The highest BCUT2D eigenvalue weighted by molar-refractivity contribution is 7.13. The van der Waals surface area contributed by atoms with Crippen LogP contribution in [0.3, 0.4) is 0 Å². The molecule has 0 saturated carbocycles. The second-order valence-electron chi connectivity index (χ2n) is 8.38. The summed E-state index contributed by atoms with van der Waals surface area (Å²) in [5, 5.41) is 6.14. The highest BCUT2D eigenvalue weighted by Crippen LogP contribution is 2.32. The zero-order valence-electron chi connectivity index (χ0n) is 16.7. The molecule has 0 aliphatic carbocycles. The van der Waals surface area contributed by atoms with E-state index in [0.29, 0.717) is 18.7 Å². The van der Waals surface area contributed by atoms with Gasteiger partial charge in [0.15, 0.2) is 0 Å². The van der Waals surface area contributed by atoms with Crippen LogP contribution in [-0.4, -0.2) is 27.0 Å². The Morgan fingerprint density at radius 1 is 1.03 bits per heavy atom. The summed E-state index contributed by atoms with van der Waals surface area (Å²) >= 11 is 1.68. The quantitative estimate of drug-likeness (QED) is 0.520. The Labute approximate surface area is 173 Å². The smallest absolute Gasteiger partial charge is 0.253 e. The van der Waals surface area contributed by atoms with Crippen LogP contribution in [-0.2, 0) is 12.0 Å². The standard InChI is InChI=1S/C23H22N4OS/c1-23(2,3)18-13-29-22(26-18)15-9-7-14(8-10-15)20-25-17-6-4-5-16-19(17)27(20)12-11-24-21(16)28/h4-10,13H,11-12H2,1-3H3,(H,24,28). The first kappa shape index (κ1) is 18.1. The molecule has 1 aliphatic rings. The van der Waals surface area contributed by atoms with E-state index in [1.807, 2.05) is 18.2 Å². The normalized spacial score (nSPS) is 14.1. The predicted molar refractivity (Wildman–Crippen MR) is 117 cm³/mol. The van der Waals surface area contributed by atoms with E-state index in [9.17, 15) is 4.79 Å². The fourth-order valence-electron chi connectivity index (χ4n) is 3.70. The zero-order valence-corrected chi connectivity index (χ0v) is 17.5. The van der Waals surface area contributed by atoms with Crippen molar-refractivity contribution in [1.82, 2.24) is 19.9 Å². The summed E-state index contributed by atoms with van der Waals surface area (Å²) in [5.74, 6) is 0.861. The van der Waals surface area contributed by atoms with Crippen molar-refractivity contribution < 1.29 is 4.79 Å². The number of nitrogens with one attached hydrogen (secondary N) is 1. The number of carbonyl (C=O) groups excluding carboxylic acids is 1. The van der Waals surface area contributed by atoms with Gasteiger partial charge in [-0.1, -0.05) is 51.1 Å². The first-order valence-electron chi connectivity index (χ1n) is 9.76. The topological polar surface area (TPSA) is 59.8 Å². The third kappa shape index (κ3) is 3.04. The predicted octanol–water partition coefficient (Wildman–Crippen LogP) is 4.87. The molecule has 6 heteroatoms. The molecule has 29 heavy (non-hydrogen) atoms. The van der Waals surface area contributed by atoms with Crippen LogP contribution < -0.4 is 5.32 Å². The second-order valence-corrected chi connectivity index (χ2v) is 9.24. The van der Waals surface area contributed by atoms with Gasteiger partial charge in [0.2, 0.25) is 0 Å². The SMILES string of the molecule is CC(C)(C)c1csc(-c2ccc(-c3nc4cccc5c4n3CCNC5=O)cc2)n1. The van der Waals surface area contributed by atoms with Gasteiger partial charge in [-0.2, -0.15) is 0 Å². The molecule has 3 heterocycles. The molecule has 0 unspecified atom stereocenters. The number of hydrogen-bond acceptors (Lipinski definition) is 4. The molecule has 0 fully saturated rings. The lowest BCUT2D eigenvalue weighted by atomic mass is 9.93. The van der Waals surface area contributed by atoms with Gasteiger partial charge in [-0.25, -0.2) is 9.97 Å². The lowest BCUT2D eigenvalue weighted by Crippen LogP contribution is -2.24. The van der Waals surface area contributed by atoms with E-state index in [0.717, 1.165) is 38.7 Å². The molecule has 146 valence electrons. The van der Waals surface area contributed by atoms with Gasteiger partial charge in [0.05, 0.1) is 22.3 Å². The molecule has 1 amide bonds. The first-order valence-corrected chi connectivity index (χ1v) is 10.6. The second kappa shape index (κ2) is 6.52. The van der Waals surface area contributed by atoms with E-state index in [1.165, 1.54) is 0 Å². The van der Waals surface area contributed by atoms with Crippen LogP contribution in [0.2, 0.25) is 0 Å². The van der Waals surface area contributed by atoms with Crippen molar-refractivity contribution in [1.29, 1.82) is 0 Å². The third-order valence-electron chi connectivity index (χ3n) is 5.29. The number of thiazole rings is 1. The molecule has 2 aromatic carbocycles. The van der Waals surface area contributed by atoms with Crippen LogP contribution in [0.4, 0.5) is 0 Å². The third-order valence-corrected chi connectivity index (χ3v) is 6.19. The zero-order chi connectivity index (χ0) is 20.2. The van der Waals surface area contributed by atoms with E-state index in [1.54, 1.807) is 11.3 Å². The van der Waals surface area contributed by atoms with Crippen molar-refractivity contribution in [2.45, 2.75) is 32.7 Å². The fraction of sp³-hybridized carbons (Fsp3) is 0.261. The summed E-state index contributed by atoms with van der Waals surface area (Å²) in [5.41, 5.74) is 5.77. The number of para-hydroxylation sites is 1. The summed E-state index contributed by atoms with van der Waals surface area (Å²) < 4.78 is 2.15. The van der Waals surface area contributed by atoms with Crippen LogP contribution >= 0.6 is 11.3 Å². The van der Waals surface area contributed by atoms with E-state index in [-0.39, 0.29) is 11.3 Å². The number of rotatable bonds is 2. The van der Waals surface area contributed by atoms with E-state index >= 15 is 0 Å². The van der Waals surface area contributed by atoms with Crippen molar-refractivity contribution >= 4 is 28.3 Å². The summed E-state index contributed by atoms with van der Waals surface area (Å²) in [4.78, 5) is 22.0. The van der Waals surface area contributed by atoms with Gasteiger partial charge in [0.1, 0.15) is 10.8 Å². The summed E-state index contributed by atoms with van der Waals surface area (Å²) in [6.45, 7) is 7.84. The number of hydrogen-bond donors (Lipinski definition) is 1. The van der Waals surface area contributed by atoms with Gasteiger partial charge in [-0.15, -0.1) is 11.3 Å². The molecule has 5 nitrogen and oxygen atoms in total. The largest absolute Gasteiger partial charge is 0.350 e. The van der Waals surface area contributed by atoms with Gasteiger partial charge in [-0.3, -0.25) is 4.79 Å². The minimum absolute atomic E-state index is 0.0328. The molecule has 0 saturated heterocycles. The van der Waals surface area contributed by atoms with Crippen LogP contribution in [0.15, 0.2) is 47.8 Å². The van der Waals surface area contributed by atoms with E-state index in [4.69, 9.17) is 9.97 Å². The van der Waals surface area contributed by atoms with Crippen molar-refractivity contribution in [3.05, 3.63) is 59.1 Å². The molecule has 4 aromatic rings. The van der Waals surface area contributed by atoms with Crippen molar-refractivity contribution in [3.63, 3.8) is 0 Å². The van der Waals surface area contributed by atoms with Crippen LogP contribution in [0.1, 0.15) is 36.8 Å². The lowest BCUT2D eigenvalue weighted by Gasteiger charge is -2.14. The van der Waals surface area contributed by atoms with Crippen LogP contribution in [0.25, 0.3) is 33.0 Å². The summed E-state index contributed by atoms with van der Waals surface area (Å²) in [6, 6.07) is 14.1. The monoisotopic (exact) mass is 402 g/mol. The van der Waals surface area contributed by atoms with Crippen molar-refractivity contribution in [2.24, 2.45) is 0 Å².